The molecule has 2 aliphatic rings. The molecular formula is C35H30BrN3O2. The number of rotatable bonds is 6. The topological polar surface area (TPSA) is 28.2 Å². The van der Waals surface area contributed by atoms with E-state index in [0.29, 0.717) is 0 Å². The first-order valence-electron chi connectivity index (χ1n) is 13.7. The average Bonchev–Trinajstić information content (AvgIpc) is 3.02. The maximum Gasteiger partial charge on any atom is 0.135 e. The van der Waals surface area contributed by atoms with E-state index >= 15 is 0 Å². The highest BCUT2D eigenvalue weighted by molar-refractivity contribution is 9.10. The monoisotopic (exact) mass is 603 g/mol. The highest BCUT2D eigenvalue weighted by Crippen LogP contribution is 2.45. The lowest BCUT2D eigenvalue weighted by molar-refractivity contribution is 0.411. The lowest BCUT2D eigenvalue weighted by atomic mass is 9.96. The maximum absolute atomic E-state index is 5.96. The number of anilines is 5. The first kappa shape index (κ1) is 25.5. The molecule has 41 heavy (non-hydrogen) atoms. The largest absolute Gasteiger partial charge is 0.496 e. The smallest absolute Gasteiger partial charge is 0.135 e. The summed E-state index contributed by atoms with van der Waals surface area (Å²) in [5.41, 5.74) is 10.6. The van der Waals surface area contributed by atoms with Crippen molar-refractivity contribution < 1.29 is 9.47 Å². The summed E-state index contributed by atoms with van der Waals surface area (Å²) >= 11 is 3.66. The summed E-state index contributed by atoms with van der Waals surface area (Å²) in [6.07, 6.45) is 0. The number of para-hydroxylation sites is 2. The predicted molar refractivity (Wildman–Crippen MR) is 171 cm³/mol. The van der Waals surface area contributed by atoms with Crippen molar-refractivity contribution in [2.45, 2.75) is 13.1 Å². The summed E-state index contributed by atoms with van der Waals surface area (Å²) in [5, 5.41) is 0. The Balaban J connectivity index is 1.25. The van der Waals surface area contributed by atoms with Gasteiger partial charge in [0.2, 0.25) is 0 Å². The van der Waals surface area contributed by atoms with Crippen LogP contribution in [0.15, 0.2) is 114 Å². The van der Waals surface area contributed by atoms with E-state index in [1.165, 1.54) is 22.5 Å². The highest BCUT2D eigenvalue weighted by Gasteiger charge is 2.31. The van der Waals surface area contributed by atoms with E-state index in [-0.39, 0.29) is 0 Å². The van der Waals surface area contributed by atoms with Gasteiger partial charge in [0.15, 0.2) is 0 Å². The Kier molecular flexibility index (Phi) is 6.56. The van der Waals surface area contributed by atoms with Gasteiger partial charge in [-0.25, -0.2) is 0 Å². The molecule has 0 N–H and O–H groups in total. The lowest BCUT2D eigenvalue weighted by Gasteiger charge is -2.45. The van der Waals surface area contributed by atoms with E-state index < -0.39 is 0 Å². The van der Waals surface area contributed by atoms with Gasteiger partial charge in [0.1, 0.15) is 11.5 Å². The molecule has 5 aromatic carbocycles. The summed E-state index contributed by atoms with van der Waals surface area (Å²) in [6, 6.07) is 38.6. The zero-order chi connectivity index (χ0) is 27.9. The molecule has 6 heteroatoms. The fraction of sp³-hybridized carbons (Fsp3) is 0.143. The van der Waals surface area contributed by atoms with Crippen LogP contribution in [-0.2, 0) is 13.1 Å². The molecule has 0 radical (unpaired) electrons. The van der Waals surface area contributed by atoms with Crippen LogP contribution in [0.4, 0.5) is 28.4 Å². The van der Waals surface area contributed by atoms with Gasteiger partial charge in [-0.05, 0) is 81.2 Å². The molecule has 2 aliphatic heterocycles. The van der Waals surface area contributed by atoms with Crippen molar-refractivity contribution in [3.05, 3.63) is 125 Å². The molecule has 2 heterocycles. The quantitative estimate of drug-likeness (QED) is 0.193. The number of ether oxygens (including phenoxy) is 2. The predicted octanol–water partition coefficient (Wildman–Crippen LogP) is 8.90. The van der Waals surface area contributed by atoms with Crippen LogP contribution in [-0.4, -0.2) is 20.9 Å². The second-order valence-corrected chi connectivity index (χ2v) is 11.2. The summed E-state index contributed by atoms with van der Waals surface area (Å²) in [5.74, 6) is 1.74. The van der Waals surface area contributed by atoms with E-state index in [4.69, 9.17) is 9.47 Å². The van der Waals surface area contributed by atoms with E-state index in [2.05, 4.69) is 128 Å². The van der Waals surface area contributed by atoms with Crippen LogP contribution in [0.1, 0.15) is 11.1 Å². The molecule has 0 aliphatic carbocycles. The zero-order valence-corrected chi connectivity index (χ0v) is 24.6. The molecule has 7 rings (SSSR count). The number of methoxy groups -OCH3 is 2. The van der Waals surface area contributed by atoms with Gasteiger partial charge in [-0.1, -0.05) is 48.5 Å². The SMILES string of the molecule is COc1cc2c(cc1Br)CN1CN2Cc2cc(-c3ccc(N(c4ccccc4)c4ccccc4)cc3)c(OC)cc21. The third-order valence-electron chi connectivity index (χ3n) is 7.96. The fourth-order valence-corrected chi connectivity index (χ4v) is 6.57. The van der Waals surface area contributed by atoms with Crippen molar-refractivity contribution in [2.24, 2.45) is 0 Å². The molecule has 0 aromatic heterocycles. The Morgan fingerprint density at radius 2 is 1.12 bits per heavy atom. The second kappa shape index (κ2) is 10.5. The third kappa shape index (κ3) is 4.58. The first-order valence-corrected chi connectivity index (χ1v) is 14.5. The van der Waals surface area contributed by atoms with Crippen LogP contribution in [0.3, 0.4) is 0 Å². The third-order valence-corrected chi connectivity index (χ3v) is 8.58. The van der Waals surface area contributed by atoms with E-state index in [9.17, 15) is 0 Å². The molecule has 0 saturated heterocycles. The van der Waals surface area contributed by atoms with Crippen LogP contribution < -0.4 is 24.2 Å². The fourth-order valence-electron chi connectivity index (χ4n) is 6.02. The summed E-state index contributed by atoms with van der Waals surface area (Å²) in [4.78, 5) is 7.12. The Hall–Kier alpha value is -4.42. The van der Waals surface area contributed by atoms with Gasteiger partial charge in [-0.15, -0.1) is 0 Å². The van der Waals surface area contributed by atoms with Gasteiger partial charge in [0.25, 0.3) is 0 Å². The van der Waals surface area contributed by atoms with Crippen LogP contribution in [0.5, 0.6) is 11.5 Å². The van der Waals surface area contributed by atoms with Crippen molar-refractivity contribution >= 4 is 44.4 Å². The van der Waals surface area contributed by atoms with E-state index in [1.54, 1.807) is 14.2 Å². The number of benzene rings is 5. The Morgan fingerprint density at radius 3 is 1.68 bits per heavy atom. The van der Waals surface area contributed by atoms with Crippen molar-refractivity contribution in [2.75, 3.05) is 35.6 Å². The van der Waals surface area contributed by atoms with Gasteiger partial charge < -0.3 is 24.2 Å². The molecule has 5 nitrogen and oxygen atoms in total. The van der Waals surface area contributed by atoms with E-state index in [1.807, 2.05) is 12.1 Å². The second-order valence-electron chi connectivity index (χ2n) is 10.4. The van der Waals surface area contributed by atoms with Gasteiger partial charge in [-0.3, -0.25) is 0 Å². The first-order chi connectivity index (χ1) is 20.1. The molecule has 0 amide bonds. The maximum atomic E-state index is 5.96. The molecule has 0 fully saturated rings. The number of hydrogen-bond acceptors (Lipinski definition) is 5. The van der Waals surface area contributed by atoms with Gasteiger partial charge >= 0.3 is 0 Å². The summed E-state index contributed by atoms with van der Waals surface area (Å²) < 4.78 is 12.5. The Labute approximate surface area is 249 Å². The normalized spacial score (nSPS) is 13.3. The standard InChI is InChI=1S/C35H30BrN3O2/c1-40-34-19-32-25(21-37-23-38(32)22-26-18-31(36)35(41-2)20-33(26)37)17-30(34)24-13-15-29(16-14-24)39(27-9-5-3-6-10-27)28-11-7-4-8-12-28/h3-20H,21-23H2,1-2H3. The molecule has 0 saturated carbocycles. The molecule has 5 aromatic rings. The van der Waals surface area contributed by atoms with Crippen molar-refractivity contribution in [1.82, 2.24) is 0 Å². The van der Waals surface area contributed by atoms with E-state index in [0.717, 1.165) is 63.9 Å². The minimum atomic E-state index is 0.828. The van der Waals surface area contributed by atoms with Crippen LogP contribution >= 0.6 is 15.9 Å². The minimum absolute atomic E-state index is 0.828. The van der Waals surface area contributed by atoms with Crippen LogP contribution in [0.25, 0.3) is 11.1 Å². The highest BCUT2D eigenvalue weighted by atomic mass is 79.9. The average molecular weight is 605 g/mol. The Bertz CT molecular complexity index is 1670. The minimum Gasteiger partial charge on any atom is -0.496 e. The zero-order valence-electron chi connectivity index (χ0n) is 23.0. The summed E-state index contributed by atoms with van der Waals surface area (Å²) in [7, 11) is 3.48. The molecular weight excluding hydrogens is 574 g/mol. The van der Waals surface area contributed by atoms with Crippen molar-refractivity contribution in [3.63, 3.8) is 0 Å². The van der Waals surface area contributed by atoms with Crippen LogP contribution in [0.2, 0.25) is 0 Å². The number of halogens is 1. The summed E-state index contributed by atoms with van der Waals surface area (Å²) in [6.45, 7) is 2.51. The molecule has 204 valence electrons. The number of fused-ring (bicyclic) bond motifs is 6. The number of nitrogens with zero attached hydrogens (tertiary/aromatic N) is 3. The molecule has 2 bridgehead atoms. The molecule has 0 spiro atoms. The number of hydrogen-bond donors (Lipinski definition) is 0. The van der Waals surface area contributed by atoms with Gasteiger partial charge in [-0.2, -0.15) is 0 Å². The van der Waals surface area contributed by atoms with Crippen molar-refractivity contribution in [1.29, 1.82) is 0 Å². The van der Waals surface area contributed by atoms with Gasteiger partial charge in [0.05, 0.1) is 25.4 Å². The molecule has 0 atom stereocenters. The van der Waals surface area contributed by atoms with Crippen LogP contribution in [0, 0.1) is 0 Å². The molecule has 0 unspecified atom stereocenters. The Morgan fingerprint density at radius 1 is 0.610 bits per heavy atom. The van der Waals surface area contributed by atoms with Crippen molar-refractivity contribution in [3.8, 4) is 22.6 Å². The van der Waals surface area contributed by atoms with Gasteiger partial charge in [0, 0.05) is 59.2 Å². The lowest BCUT2D eigenvalue weighted by Crippen LogP contribution is -2.46.